The van der Waals surface area contributed by atoms with Crippen LogP contribution >= 0.6 is 11.6 Å². The Labute approximate surface area is 162 Å². The summed E-state index contributed by atoms with van der Waals surface area (Å²) in [6.07, 6.45) is 3.89. The molecule has 2 aromatic heterocycles. The molecule has 6 nitrogen and oxygen atoms in total. The zero-order valence-corrected chi connectivity index (χ0v) is 15.5. The number of pyridine rings is 1. The first kappa shape index (κ1) is 17.7. The quantitative estimate of drug-likeness (QED) is 0.687. The molecule has 138 valence electrons. The number of carbonyl (C=O) groups is 1. The van der Waals surface area contributed by atoms with Gasteiger partial charge in [0.15, 0.2) is 5.82 Å². The number of benzene rings is 1. The topological polar surface area (TPSA) is 72.1 Å². The van der Waals surface area contributed by atoms with Gasteiger partial charge in [-0.15, -0.1) is 0 Å². The number of rotatable bonds is 4. The van der Waals surface area contributed by atoms with Crippen molar-refractivity contribution >= 4 is 17.5 Å². The first-order valence-electron chi connectivity index (χ1n) is 8.96. The van der Waals surface area contributed by atoms with Gasteiger partial charge in [-0.2, -0.15) is 4.98 Å². The number of hydrogen-bond acceptors (Lipinski definition) is 5. The fraction of sp³-hybridized carbons (Fsp3) is 0.300. The normalized spacial score (nSPS) is 17.1. The monoisotopic (exact) mass is 382 g/mol. The molecule has 1 atom stereocenters. The second kappa shape index (κ2) is 7.88. The van der Waals surface area contributed by atoms with Crippen LogP contribution in [-0.2, 0) is 11.2 Å². The van der Waals surface area contributed by atoms with Gasteiger partial charge in [0.2, 0.25) is 5.91 Å². The van der Waals surface area contributed by atoms with E-state index >= 15 is 0 Å². The van der Waals surface area contributed by atoms with Crippen LogP contribution in [0.5, 0.6) is 0 Å². The van der Waals surface area contributed by atoms with E-state index < -0.39 is 0 Å². The molecule has 1 fully saturated rings. The minimum Gasteiger partial charge on any atom is -0.342 e. The molecule has 0 spiro atoms. The van der Waals surface area contributed by atoms with Crippen LogP contribution in [0.2, 0.25) is 5.02 Å². The molecule has 7 heteroatoms. The maximum Gasteiger partial charge on any atom is 0.276 e. The molecule has 3 heterocycles. The average Bonchev–Trinajstić information content (AvgIpc) is 3.19. The van der Waals surface area contributed by atoms with Crippen LogP contribution in [0.4, 0.5) is 0 Å². The van der Waals surface area contributed by atoms with Crippen LogP contribution in [0.3, 0.4) is 0 Å². The Bertz CT molecular complexity index is 928. The summed E-state index contributed by atoms with van der Waals surface area (Å²) >= 11 is 6.01. The first-order chi connectivity index (χ1) is 13.2. The largest absolute Gasteiger partial charge is 0.342 e. The molecule has 0 radical (unpaired) electrons. The molecular weight excluding hydrogens is 364 g/mol. The van der Waals surface area contributed by atoms with Crippen molar-refractivity contribution in [2.45, 2.75) is 25.2 Å². The van der Waals surface area contributed by atoms with Gasteiger partial charge in [0.05, 0.1) is 6.42 Å². The van der Waals surface area contributed by atoms with E-state index in [1.165, 1.54) is 0 Å². The maximum atomic E-state index is 12.7. The van der Waals surface area contributed by atoms with Crippen LogP contribution in [-0.4, -0.2) is 39.0 Å². The zero-order valence-electron chi connectivity index (χ0n) is 14.7. The van der Waals surface area contributed by atoms with Crippen molar-refractivity contribution < 1.29 is 9.32 Å². The van der Waals surface area contributed by atoms with E-state index in [9.17, 15) is 4.79 Å². The van der Waals surface area contributed by atoms with Crippen LogP contribution in [0.15, 0.2) is 53.2 Å². The Morgan fingerprint density at radius 3 is 3.00 bits per heavy atom. The number of hydrogen-bond donors (Lipinski definition) is 0. The summed E-state index contributed by atoms with van der Waals surface area (Å²) < 4.78 is 5.37. The van der Waals surface area contributed by atoms with Gasteiger partial charge in [-0.1, -0.05) is 35.0 Å². The third-order valence-corrected chi connectivity index (χ3v) is 4.94. The predicted molar refractivity (Wildman–Crippen MR) is 101 cm³/mol. The number of halogens is 1. The van der Waals surface area contributed by atoms with Gasteiger partial charge in [-0.25, -0.2) is 0 Å². The summed E-state index contributed by atoms with van der Waals surface area (Å²) in [5.41, 5.74) is 1.58. The number of likely N-dealkylation sites (tertiary alicyclic amines) is 1. The summed E-state index contributed by atoms with van der Waals surface area (Å²) in [6, 6.07) is 13.0. The fourth-order valence-corrected chi connectivity index (χ4v) is 3.55. The minimum absolute atomic E-state index is 0.0725. The molecule has 4 rings (SSSR count). The molecule has 3 aromatic rings. The molecule has 0 saturated carbocycles. The lowest BCUT2D eigenvalue weighted by Crippen LogP contribution is -2.40. The third kappa shape index (κ3) is 4.17. The Kier molecular flexibility index (Phi) is 5.16. The fourth-order valence-electron chi connectivity index (χ4n) is 3.34. The van der Waals surface area contributed by atoms with Gasteiger partial charge in [0.25, 0.3) is 5.89 Å². The molecule has 0 unspecified atom stereocenters. The van der Waals surface area contributed by atoms with E-state index in [0.29, 0.717) is 35.4 Å². The first-order valence-corrected chi connectivity index (χ1v) is 9.34. The number of amides is 1. The lowest BCUT2D eigenvalue weighted by Gasteiger charge is -2.31. The second-order valence-corrected chi connectivity index (χ2v) is 7.09. The van der Waals surface area contributed by atoms with Crippen molar-refractivity contribution in [3.8, 4) is 11.6 Å². The SMILES string of the molecule is O=C(Cc1cccc(Cl)c1)N1CCC[C@H](c2noc(-c3ccccn3)n2)C1. The van der Waals surface area contributed by atoms with Crippen molar-refractivity contribution in [2.75, 3.05) is 13.1 Å². The van der Waals surface area contributed by atoms with E-state index in [-0.39, 0.29) is 11.8 Å². The Balaban J connectivity index is 1.44. The van der Waals surface area contributed by atoms with Crippen LogP contribution in [0, 0.1) is 0 Å². The average molecular weight is 383 g/mol. The molecular formula is C20H19ClN4O2. The van der Waals surface area contributed by atoms with Gasteiger partial charge in [-0.3, -0.25) is 9.78 Å². The summed E-state index contributed by atoms with van der Waals surface area (Å²) in [5, 5.41) is 4.77. The molecule has 0 bridgehead atoms. The van der Waals surface area contributed by atoms with Crippen molar-refractivity contribution in [1.29, 1.82) is 0 Å². The van der Waals surface area contributed by atoms with E-state index in [2.05, 4.69) is 15.1 Å². The number of carbonyl (C=O) groups excluding carboxylic acids is 1. The molecule has 1 aliphatic heterocycles. The molecule has 0 aliphatic carbocycles. The van der Waals surface area contributed by atoms with Gasteiger partial charge in [0, 0.05) is 30.2 Å². The molecule has 27 heavy (non-hydrogen) atoms. The number of aromatic nitrogens is 3. The Morgan fingerprint density at radius 1 is 1.26 bits per heavy atom. The van der Waals surface area contributed by atoms with Gasteiger partial charge in [0.1, 0.15) is 5.69 Å². The highest BCUT2D eigenvalue weighted by Gasteiger charge is 2.28. The van der Waals surface area contributed by atoms with Crippen molar-refractivity contribution in [1.82, 2.24) is 20.0 Å². The van der Waals surface area contributed by atoms with E-state index in [1.54, 1.807) is 6.20 Å². The molecule has 1 amide bonds. The molecule has 0 N–H and O–H groups in total. The summed E-state index contributed by atoms with van der Waals surface area (Å²) in [6.45, 7) is 1.35. The number of nitrogens with zero attached hydrogens (tertiary/aromatic N) is 4. The highest BCUT2D eigenvalue weighted by Crippen LogP contribution is 2.27. The van der Waals surface area contributed by atoms with E-state index in [1.807, 2.05) is 47.4 Å². The third-order valence-electron chi connectivity index (χ3n) is 4.71. The summed E-state index contributed by atoms with van der Waals surface area (Å²) in [4.78, 5) is 23.3. The lowest BCUT2D eigenvalue weighted by molar-refractivity contribution is -0.131. The predicted octanol–water partition coefficient (Wildman–Crippen LogP) is 3.73. The zero-order chi connectivity index (χ0) is 18.6. The minimum atomic E-state index is 0.0725. The van der Waals surface area contributed by atoms with Crippen molar-refractivity contribution in [3.05, 3.63) is 65.1 Å². The highest BCUT2D eigenvalue weighted by molar-refractivity contribution is 6.30. The van der Waals surface area contributed by atoms with Gasteiger partial charge in [-0.05, 0) is 42.7 Å². The lowest BCUT2D eigenvalue weighted by atomic mass is 9.96. The van der Waals surface area contributed by atoms with Crippen LogP contribution < -0.4 is 0 Å². The maximum absolute atomic E-state index is 12.7. The van der Waals surface area contributed by atoms with Crippen molar-refractivity contribution in [3.63, 3.8) is 0 Å². The second-order valence-electron chi connectivity index (χ2n) is 6.66. The van der Waals surface area contributed by atoms with Crippen LogP contribution in [0.25, 0.3) is 11.6 Å². The Morgan fingerprint density at radius 2 is 2.19 bits per heavy atom. The Hall–Kier alpha value is -2.73. The van der Waals surface area contributed by atoms with Crippen molar-refractivity contribution in [2.24, 2.45) is 0 Å². The van der Waals surface area contributed by atoms with Crippen LogP contribution in [0.1, 0.15) is 30.1 Å². The molecule has 1 aliphatic rings. The van der Waals surface area contributed by atoms with E-state index in [0.717, 1.165) is 24.9 Å². The standard InChI is InChI=1S/C20H19ClN4O2/c21-16-7-3-5-14(11-16)12-18(26)25-10-4-6-15(13-25)19-23-20(27-24-19)17-8-1-2-9-22-17/h1-3,5,7-9,11,15H,4,6,10,12-13H2/t15-/m0/s1. The summed E-state index contributed by atoms with van der Waals surface area (Å²) in [7, 11) is 0. The van der Waals surface area contributed by atoms with Gasteiger partial charge < -0.3 is 9.42 Å². The van der Waals surface area contributed by atoms with E-state index in [4.69, 9.17) is 16.1 Å². The molecule has 1 saturated heterocycles. The van der Waals surface area contributed by atoms with Gasteiger partial charge >= 0.3 is 0 Å². The smallest absolute Gasteiger partial charge is 0.276 e. The summed E-state index contributed by atoms with van der Waals surface area (Å²) in [5.74, 6) is 1.21. The molecule has 1 aromatic carbocycles. The number of piperidine rings is 1. The highest BCUT2D eigenvalue weighted by atomic mass is 35.5.